The lowest BCUT2D eigenvalue weighted by atomic mass is 9.99. The van der Waals surface area contributed by atoms with Crippen LogP contribution in [0.2, 0.25) is 0 Å². The zero-order valence-electron chi connectivity index (χ0n) is 12.6. The van der Waals surface area contributed by atoms with E-state index in [1.165, 1.54) is 6.92 Å². The molecule has 0 aliphatic heterocycles. The van der Waals surface area contributed by atoms with Crippen LogP contribution in [0.4, 0.5) is 4.79 Å². The topological polar surface area (TPSA) is 102 Å². The molecular formula is C14H21NO6. The molecule has 21 heavy (non-hydrogen) atoms. The van der Waals surface area contributed by atoms with E-state index in [9.17, 15) is 19.5 Å². The Balaban J connectivity index is 2.64. The number of hydrogen-bond donors (Lipinski definition) is 2. The Bertz CT molecular complexity index is 451. The maximum atomic E-state index is 11.7. The van der Waals surface area contributed by atoms with Crippen molar-refractivity contribution in [2.24, 2.45) is 5.92 Å². The summed E-state index contributed by atoms with van der Waals surface area (Å²) in [6.07, 6.45) is 2.31. The van der Waals surface area contributed by atoms with Crippen LogP contribution in [0, 0.1) is 5.92 Å². The molecule has 118 valence electrons. The van der Waals surface area contributed by atoms with E-state index < -0.39 is 41.7 Å². The van der Waals surface area contributed by atoms with Gasteiger partial charge < -0.3 is 19.9 Å². The molecular weight excluding hydrogens is 278 g/mol. The van der Waals surface area contributed by atoms with Crippen LogP contribution in [0.15, 0.2) is 12.2 Å². The number of carboxylic acid groups (broad SMARTS) is 1. The second kappa shape index (κ2) is 6.60. The number of carbonyl (C=O) groups excluding carboxylic acids is 2. The fourth-order valence-electron chi connectivity index (χ4n) is 2.03. The number of nitrogens with one attached hydrogen (secondary N) is 1. The van der Waals surface area contributed by atoms with Gasteiger partial charge in [0.2, 0.25) is 0 Å². The van der Waals surface area contributed by atoms with Crippen LogP contribution >= 0.6 is 0 Å². The minimum Gasteiger partial charge on any atom is -0.480 e. The number of carbonyl (C=O) groups is 3. The summed E-state index contributed by atoms with van der Waals surface area (Å²) in [7, 11) is 0. The summed E-state index contributed by atoms with van der Waals surface area (Å²) in [5, 5.41) is 11.6. The van der Waals surface area contributed by atoms with Crippen molar-refractivity contribution in [3.8, 4) is 0 Å². The molecule has 0 spiro atoms. The van der Waals surface area contributed by atoms with Gasteiger partial charge in [0, 0.05) is 12.8 Å². The molecule has 7 nitrogen and oxygen atoms in total. The number of esters is 1. The number of alkyl carbamates (subject to hydrolysis) is 1. The summed E-state index contributed by atoms with van der Waals surface area (Å²) in [5.41, 5.74) is -0.709. The third kappa shape index (κ3) is 5.85. The Kier molecular flexibility index (Phi) is 5.34. The molecule has 1 aliphatic carbocycles. The fraction of sp³-hybridized carbons (Fsp3) is 0.643. The third-order valence-corrected chi connectivity index (χ3v) is 2.76. The second-order valence-electron chi connectivity index (χ2n) is 5.89. The van der Waals surface area contributed by atoms with E-state index in [1.807, 2.05) is 0 Å². The first kappa shape index (κ1) is 17.0. The van der Waals surface area contributed by atoms with Gasteiger partial charge >= 0.3 is 18.0 Å². The summed E-state index contributed by atoms with van der Waals surface area (Å²) in [5.74, 6) is -2.06. The Morgan fingerprint density at radius 3 is 2.38 bits per heavy atom. The van der Waals surface area contributed by atoms with Crippen LogP contribution in [0.1, 0.15) is 34.1 Å². The van der Waals surface area contributed by atoms with E-state index in [4.69, 9.17) is 9.47 Å². The molecule has 1 rings (SSSR count). The van der Waals surface area contributed by atoms with Gasteiger partial charge in [-0.15, -0.1) is 0 Å². The summed E-state index contributed by atoms with van der Waals surface area (Å²) < 4.78 is 10.0. The molecule has 0 saturated carbocycles. The molecule has 0 radical (unpaired) electrons. The van der Waals surface area contributed by atoms with Gasteiger partial charge in [0.05, 0.1) is 0 Å². The quantitative estimate of drug-likeness (QED) is 0.602. The van der Waals surface area contributed by atoms with Crippen LogP contribution in [-0.4, -0.2) is 40.9 Å². The highest BCUT2D eigenvalue weighted by Crippen LogP contribution is 2.24. The van der Waals surface area contributed by atoms with Gasteiger partial charge in [0.15, 0.2) is 0 Å². The third-order valence-electron chi connectivity index (χ3n) is 2.76. The van der Waals surface area contributed by atoms with E-state index in [-0.39, 0.29) is 0 Å². The normalized spacial score (nSPS) is 22.5. The minimum atomic E-state index is -1.17. The molecule has 0 aromatic carbocycles. The van der Waals surface area contributed by atoms with Crippen LogP contribution in [0.3, 0.4) is 0 Å². The molecule has 2 N–H and O–H groups in total. The summed E-state index contributed by atoms with van der Waals surface area (Å²) in [6.45, 7) is 6.35. The van der Waals surface area contributed by atoms with Gasteiger partial charge in [-0.3, -0.25) is 4.79 Å². The zero-order chi connectivity index (χ0) is 16.2. The van der Waals surface area contributed by atoms with Crippen LogP contribution < -0.4 is 5.32 Å². The Morgan fingerprint density at radius 1 is 1.29 bits per heavy atom. The molecule has 0 heterocycles. The maximum absolute atomic E-state index is 11.7. The molecule has 3 atom stereocenters. The molecule has 7 heteroatoms. The number of hydrogen-bond acceptors (Lipinski definition) is 5. The van der Waals surface area contributed by atoms with Crippen molar-refractivity contribution in [1.82, 2.24) is 5.32 Å². The average molecular weight is 299 g/mol. The predicted molar refractivity (Wildman–Crippen MR) is 73.6 cm³/mol. The monoisotopic (exact) mass is 299 g/mol. The molecule has 1 amide bonds. The number of amides is 1. The molecule has 0 unspecified atom stereocenters. The van der Waals surface area contributed by atoms with Gasteiger partial charge in [-0.25, -0.2) is 9.59 Å². The zero-order valence-corrected chi connectivity index (χ0v) is 12.6. The van der Waals surface area contributed by atoms with E-state index in [0.29, 0.717) is 6.42 Å². The summed E-state index contributed by atoms with van der Waals surface area (Å²) >= 11 is 0. The summed E-state index contributed by atoms with van der Waals surface area (Å²) in [4.78, 5) is 33.9. The largest absolute Gasteiger partial charge is 0.480 e. The van der Waals surface area contributed by atoms with Crippen molar-refractivity contribution >= 4 is 18.0 Å². The van der Waals surface area contributed by atoms with Crippen molar-refractivity contribution in [3.63, 3.8) is 0 Å². The fourth-order valence-corrected chi connectivity index (χ4v) is 2.03. The SMILES string of the molecule is CC(=O)O[C@@H]1C=C[C@@H]([C@@H](NC(=O)OC(C)(C)C)C(=O)O)C1. The Labute approximate surface area is 123 Å². The van der Waals surface area contributed by atoms with Gasteiger partial charge in [-0.05, 0) is 33.3 Å². The van der Waals surface area contributed by atoms with Crippen molar-refractivity contribution in [2.75, 3.05) is 0 Å². The number of carboxylic acids is 1. The maximum Gasteiger partial charge on any atom is 0.408 e. The molecule has 0 aromatic heterocycles. The van der Waals surface area contributed by atoms with Crippen LogP contribution in [0.5, 0.6) is 0 Å². The van der Waals surface area contributed by atoms with Gasteiger partial charge in [-0.1, -0.05) is 6.08 Å². The Morgan fingerprint density at radius 2 is 1.90 bits per heavy atom. The standard InChI is InChI=1S/C14H21NO6/c1-8(16)20-10-6-5-9(7-10)11(12(17)18)15-13(19)21-14(2,3)4/h5-6,9-11H,7H2,1-4H3,(H,15,19)(H,17,18)/t9-,10-,11-/m1/s1. The molecule has 0 saturated heterocycles. The first-order valence-corrected chi connectivity index (χ1v) is 6.66. The molecule has 1 aliphatic rings. The lowest BCUT2D eigenvalue weighted by Crippen LogP contribution is -2.47. The predicted octanol–water partition coefficient (Wildman–Crippen LogP) is 1.47. The first-order valence-electron chi connectivity index (χ1n) is 6.66. The van der Waals surface area contributed by atoms with Gasteiger partial charge in [0.25, 0.3) is 0 Å². The van der Waals surface area contributed by atoms with Crippen LogP contribution in [-0.2, 0) is 19.1 Å². The first-order chi connectivity index (χ1) is 9.58. The van der Waals surface area contributed by atoms with Crippen molar-refractivity contribution < 1.29 is 29.0 Å². The van der Waals surface area contributed by atoms with Crippen LogP contribution in [0.25, 0.3) is 0 Å². The lowest BCUT2D eigenvalue weighted by Gasteiger charge is -2.24. The minimum absolute atomic E-state index is 0.312. The number of aliphatic carboxylic acids is 1. The van der Waals surface area contributed by atoms with E-state index >= 15 is 0 Å². The molecule has 0 fully saturated rings. The highest BCUT2D eigenvalue weighted by molar-refractivity contribution is 5.80. The van der Waals surface area contributed by atoms with E-state index in [2.05, 4.69) is 5.32 Å². The Hall–Kier alpha value is -2.05. The van der Waals surface area contributed by atoms with Crippen molar-refractivity contribution in [3.05, 3.63) is 12.2 Å². The number of rotatable bonds is 4. The average Bonchev–Trinajstić information content (AvgIpc) is 2.70. The summed E-state index contributed by atoms with van der Waals surface area (Å²) in [6, 6.07) is -1.13. The molecule has 0 bridgehead atoms. The highest BCUT2D eigenvalue weighted by atomic mass is 16.6. The highest BCUT2D eigenvalue weighted by Gasteiger charge is 2.34. The lowest BCUT2D eigenvalue weighted by molar-refractivity contribution is -0.144. The smallest absolute Gasteiger partial charge is 0.408 e. The van der Waals surface area contributed by atoms with E-state index in [1.54, 1.807) is 32.9 Å². The van der Waals surface area contributed by atoms with E-state index in [0.717, 1.165) is 0 Å². The second-order valence-corrected chi connectivity index (χ2v) is 5.89. The van der Waals surface area contributed by atoms with Gasteiger partial charge in [0.1, 0.15) is 17.7 Å². The van der Waals surface area contributed by atoms with Gasteiger partial charge in [-0.2, -0.15) is 0 Å². The van der Waals surface area contributed by atoms with Crippen molar-refractivity contribution in [1.29, 1.82) is 0 Å². The number of ether oxygens (including phenoxy) is 2. The van der Waals surface area contributed by atoms with Crippen molar-refractivity contribution in [2.45, 2.75) is 51.9 Å². The molecule has 0 aromatic rings.